The molecule has 2 aliphatic heterocycles. The fourth-order valence-electron chi connectivity index (χ4n) is 4.04. The van der Waals surface area contributed by atoms with Crippen LogP contribution in [0.5, 0.6) is 0 Å². The van der Waals surface area contributed by atoms with Crippen molar-refractivity contribution >= 4 is 36.2 Å². The van der Waals surface area contributed by atoms with E-state index in [0.29, 0.717) is 24.2 Å². The van der Waals surface area contributed by atoms with Gasteiger partial charge in [-0.1, -0.05) is 71.1 Å². The van der Waals surface area contributed by atoms with Gasteiger partial charge in [-0.15, -0.1) is 0 Å². The highest BCUT2D eigenvalue weighted by atomic mass is 79.9. The second-order valence-electron chi connectivity index (χ2n) is 6.58. The molecule has 2 fully saturated rings. The lowest BCUT2D eigenvalue weighted by atomic mass is 10.0. The Hall–Kier alpha value is 1.10. The molecule has 2 nitrogen and oxygen atoms in total. The largest absolute Gasteiger partial charge is 0.355 e. The summed E-state index contributed by atoms with van der Waals surface area (Å²) in [5.74, 6) is 0. The number of piperidine rings is 2. The highest BCUT2D eigenvalue weighted by Gasteiger charge is 2.50. The van der Waals surface area contributed by atoms with Crippen LogP contribution < -0.4 is 0 Å². The molecule has 0 bridgehead atoms. The Morgan fingerprint density at radius 1 is 0.684 bits per heavy atom. The number of hydrogen-bond donors (Lipinski definition) is 0. The number of hydrogen-bond acceptors (Lipinski definition) is 2. The van der Waals surface area contributed by atoms with Crippen LogP contribution in [0.1, 0.15) is 66.2 Å². The van der Waals surface area contributed by atoms with Gasteiger partial charge in [-0.2, -0.15) is 0 Å². The molecule has 19 heavy (non-hydrogen) atoms. The Morgan fingerprint density at radius 3 is 1.21 bits per heavy atom. The SMILES string of the molecule is CC1CCCC(C)N1[Si](Br)(Br)N1C(C)CCCC1C. The quantitative estimate of drug-likeness (QED) is 0.478. The average Bonchev–Trinajstić information content (AvgIpc) is 2.27. The number of rotatable bonds is 2. The third kappa shape index (κ3) is 3.31. The van der Waals surface area contributed by atoms with Crippen molar-refractivity contribution in [3.8, 4) is 0 Å². The van der Waals surface area contributed by atoms with E-state index in [4.69, 9.17) is 0 Å². The molecule has 112 valence electrons. The summed E-state index contributed by atoms with van der Waals surface area (Å²) >= 11 is 8.35. The zero-order valence-corrected chi connectivity index (χ0v) is 16.9. The maximum atomic E-state index is 4.17. The predicted molar refractivity (Wildman–Crippen MR) is 92.8 cm³/mol. The van der Waals surface area contributed by atoms with Gasteiger partial charge in [0.15, 0.2) is 0 Å². The van der Waals surface area contributed by atoms with Gasteiger partial charge in [-0.05, 0) is 25.7 Å². The summed E-state index contributed by atoms with van der Waals surface area (Å²) in [6.45, 7) is 9.61. The molecule has 4 unspecified atom stereocenters. The first kappa shape index (κ1) is 16.5. The minimum absolute atomic E-state index is 0.690. The smallest absolute Gasteiger partial charge is 0.290 e. The molecule has 0 radical (unpaired) electrons. The van der Waals surface area contributed by atoms with Gasteiger partial charge in [0.1, 0.15) is 0 Å². The van der Waals surface area contributed by atoms with E-state index in [0.717, 1.165) is 0 Å². The highest BCUT2D eigenvalue weighted by molar-refractivity contribution is 9.50. The maximum absolute atomic E-state index is 4.17. The predicted octanol–water partition coefficient (Wildman–Crippen LogP) is 4.74. The van der Waals surface area contributed by atoms with Gasteiger partial charge in [0.25, 0.3) is 0 Å². The van der Waals surface area contributed by atoms with Crippen LogP contribution in [0, 0.1) is 0 Å². The van der Waals surface area contributed by atoms with Crippen molar-refractivity contribution in [1.29, 1.82) is 0 Å². The lowest BCUT2D eigenvalue weighted by Crippen LogP contribution is -2.68. The Kier molecular flexibility index (Phi) is 5.61. The molecule has 2 saturated heterocycles. The van der Waals surface area contributed by atoms with E-state index in [1.807, 2.05) is 0 Å². The van der Waals surface area contributed by atoms with Crippen molar-refractivity contribution in [2.75, 3.05) is 0 Å². The Labute approximate surface area is 135 Å². The first-order valence-corrected chi connectivity index (χ1v) is 14.2. The van der Waals surface area contributed by atoms with Gasteiger partial charge >= 0.3 is 5.64 Å². The van der Waals surface area contributed by atoms with E-state index in [-0.39, 0.29) is 0 Å². The summed E-state index contributed by atoms with van der Waals surface area (Å²) in [5, 5.41) is 0. The van der Waals surface area contributed by atoms with Gasteiger partial charge in [0, 0.05) is 24.2 Å². The standard InChI is InChI=1S/C14H28Br2N2Si/c1-11-7-5-8-12(2)17(11)19(15,16)18-13(3)9-6-10-14(18)4/h11-14H,5-10H2,1-4H3. The summed E-state index contributed by atoms with van der Waals surface area (Å²) < 4.78 is 5.55. The summed E-state index contributed by atoms with van der Waals surface area (Å²) in [4.78, 5) is 0. The second-order valence-corrected chi connectivity index (χ2v) is 18.5. The molecule has 2 rings (SSSR count). The highest BCUT2D eigenvalue weighted by Crippen LogP contribution is 2.42. The van der Waals surface area contributed by atoms with Crippen LogP contribution >= 0.6 is 30.6 Å². The summed E-state index contributed by atoms with van der Waals surface area (Å²) in [5.41, 5.74) is -1.86. The molecule has 0 N–H and O–H groups in total. The van der Waals surface area contributed by atoms with Crippen molar-refractivity contribution < 1.29 is 0 Å². The maximum Gasteiger partial charge on any atom is 0.355 e. The van der Waals surface area contributed by atoms with Gasteiger partial charge < -0.3 is 0 Å². The molecule has 0 aromatic rings. The van der Waals surface area contributed by atoms with E-state index < -0.39 is 5.64 Å². The Morgan fingerprint density at radius 2 is 0.947 bits per heavy atom. The average molecular weight is 412 g/mol. The van der Waals surface area contributed by atoms with E-state index in [2.05, 4.69) is 67.4 Å². The van der Waals surface area contributed by atoms with Crippen LogP contribution in [0.4, 0.5) is 0 Å². The molecule has 0 saturated carbocycles. The molecule has 4 atom stereocenters. The summed E-state index contributed by atoms with van der Waals surface area (Å²) in [6.07, 6.45) is 8.13. The van der Waals surface area contributed by atoms with E-state index in [1.165, 1.54) is 38.5 Å². The lowest BCUT2D eigenvalue weighted by Gasteiger charge is -2.54. The van der Waals surface area contributed by atoms with Gasteiger partial charge in [-0.3, -0.25) is 9.13 Å². The molecule has 2 heterocycles. The molecular weight excluding hydrogens is 384 g/mol. The first-order valence-electron chi connectivity index (χ1n) is 7.80. The zero-order valence-electron chi connectivity index (χ0n) is 12.7. The van der Waals surface area contributed by atoms with E-state index in [1.54, 1.807) is 0 Å². The molecular formula is C14H28Br2N2Si. The van der Waals surface area contributed by atoms with Crippen LogP contribution in [0.2, 0.25) is 0 Å². The molecule has 2 aliphatic rings. The van der Waals surface area contributed by atoms with Crippen molar-refractivity contribution in [3.05, 3.63) is 0 Å². The molecule has 0 amide bonds. The van der Waals surface area contributed by atoms with Gasteiger partial charge in [0.2, 0.25) is 0 Å². The lowest BCUT2D eigenvalue weighted by molar-refractivity contribution is 0.142. The Bertz CT molecular complexity index is 266. The van der Waals surface area contributed by atoms with Crippen molar-refractivity contribution in [2.24, 2.45) is 0 Å². The molecule has 0 spiro atoms. The Balaban J connectivity index is 2.23. The van der Waals surface area contributed by atoms with Crippen molar-refractivity contribution in [3.63, 3.8) is 0 Å². The molecule has 5 heteroatoms. The number of halogens is 2. The van der Waals surface area contributed by atoms with Crippen LogP contribution in [0.25, 0.3) is 0 Å². The van der Waals surface area contributed by atoms with Crippen LogP contribution in [-0.4, -0.2) is 38.9 Å². The normalized spacial score (nSPS) is 39.5. The first-order chi connectivity index (χ1) is 8.85. The molecule has 0 aromatic heterocycles. The van der Waals surface area contributed by atoms with Crippen LogP contribution in [0.15, 0.2) is 0 Å². The monoisotopic (exact) mass is 410 g/mol. The van der Waals surface area contributed by atoms with Gasteiger partial charge in [-0.25, -0.2) is 0 Å². The second kappa shape index (κ2) is 6.47. The fourth-order valence-corrected chi connectivity index (χ4v) is 15.3. The van der Waals surface area contributed by atoms with Crippen molar-refractivity contribution in [1.82, 2.24) is 9.13 Å². The van der Waals surface area contributed by atoms with Crippen molar-refractivity contribution in [2.45, 2.75) is 90.4 Å². The third-order valence-electron chi connectivity index (χ3n) is 5.01. The minimum atomic E-state index is -1.86. The molecule has 0 aromatic carbocycles. The number of nitrogens with zero attached hydrogens (tertiary/aromatic N) is 2. The van der Waals surface area contributed by atoms with Gasteiger partial charge in [0.05, 0.1) is 0 Å². The summed E-state index contributed by atoms with van der Waals surface area (Å²) in [7, 11) is 0. The minimum Gasteiger partial charge on any atom is -0.290 e. The van der Waals surface area contributed by atoms with Crippen LogP contribution in [0.3, 0.4) is 0 Å². The fraction of sp³-hybridized carbons (Fsp3) is 1.00. The third-order valence-corrected chi connectivity index (χ3v) is 12.9. The zero-order chi connectivity index (χ0) is 14.2. The van der Waals surface area contributed by atoms with Crippen LogP contribution in [-0.2, 0) is 0 Å². The van der Waals surface area contributed by atoms with E-state index >= 15 is 0 Å². The summed E-state index contributed by atoms with van der Waals surface area (Å²) in [6, 6.07) is 2.76. The topological polar surface area (TPSA) is 6.48 Å². The van der Waals surface area contributed by atoms with E-state index in [9.17, 15) is 0 Å². The molecule has 0 aliphatic carbocycles.